The highest BCUT2D eigenvalue weighted by Crippen LogP contribution is 2.52. The minimum absolute atomic E-state index is 0.429. The Hall–Kier alpha value is -1.23. The maximum atomic E-state index is 13.5. The third-order valence-corrected chi connectivity index (χ3v) is 4.38. The number of carbonyl (C=O) groups excluding carboxylic acids is 1. The standard InChI is InChI=1S/C13H11F3OS/c14-11(15)8-10-6-7-18-13(10,12(16)17)9-4-2-1-3-5-9/h1-7,10-11H,8H2. The van der Waals surface area contributed by atoms with Gasteiger partial charge in [0.1, 0.15) is 4.75 Å². The molecule has 1 aliphatic heterocycles. The highest BCUT2D eigenvalue weighted by atomic mass is 32.2. The highest BCUT2D eigenvalue weighted by molar-refractivity contribution is 8.04. The molecule has 1 heterocycles. The van der Waals surface area contributed by atoms with Gasteiger partial charge in [0.2, 0.25) is 6.43 Å². The van der Waals surface area contributed by atoms with Crippen molar-refractivity contribution < 1.29 is 18.0 Å². The number of benzene rings is 1. The summed E-state index contributed by atoms with van der Waals surface area (Å²) in [4.78, 5) is 11.4. The first-order chi connectivity index (χ1) is 8.57. The van der Waals surface area contributed by atoms with Crippen molar-refractivity contribution in [1.82, 2.24) is 0 Å². The Morgan fingerprint density at radius 1 is 1.33 bits per heavy atom. The number of rotatable bonds is 4. The number of hydrogen-bond acceptors (Lipinski definition) is 2. The normalized spacial score (nSPS) is 26.8. The lowest BCUT2D eigenvalue weighted by Gasteiger charge is -2.30. The van der Waals surface area contributed by atoms with Gasteiger partial charge in [-0.25, -0.2) is 8.78 Å². The molecule has 0 N–H and O–H groups in total. The molecule has 1 aliphatic rings. The van der Waals surface area contributed by atoms with E-state index in [0.29, 0.717) is 5.56 Å². The van der Waals surface area contributed by atoms with Gasteiger partial charge in [-0.15, -0.1) is 11.8 Å². The highest BCUT2D eigenvalue weighted by Gasteiger charge is 2.50. The molecule has 0 fully saturated rings. The molecular weight excluding hydrogens is 261 g/mol. The fourth-order valence-electron chi connectivity index (χ4n) is 2.17. The van der Waals surface area contributed by atoms with Crippen LogP contribution in [0.3, 0.4) is 0 Å². The number of halogens is 3. The molecule has 2 unspecified atom stereocenters. The molecule has 0 aromatic heterocycles. The van der Waals surface area contributed by atoms with Crippen molar-refractivity contribution in [2.45, 2.75) is 17.6 Å². The average molecular weight is 272 g/mol. The van der Waals surface area contributed by atoms with E-state index in [1.54, 1.807) is 30.3 Å². The molecule has 5 heteroatoms. The predicted molar refractivity (Wildman–Crippen MR) is 65.1 cm³/mol. The lowest BCUT2D eigenvalue weighted by Crippen LogP contribution is -2.35. The minimum atomic E-state index is -2.57. The monoisotopic (exact) mass is 272 g/mol. The molecule has 0 bridgehead atoms. The van der Waals surface area contributed by atoms with Crippen molar-refractivity contribution in [3.05, 3.63) is 47.4 Å². The first-order valence-electron chi connectivity index (χ1n) is 5.45. The number of hydrogen-bond donors (Lipinski definition) is 0. The smallest absolute Gasteiger partial charge is 0.259 e. The summed E-state index contributed by atoms with van der Waals surface area (Å²) in [6.07, 6.45) is -1.60. The first kappa shape index (κ1) is 13.2. The average Bonchev–Trinajstić information content (AvgIpc) is 2.74. The van der Waals surface area contributed by atoms with Gasteiger partial charge in [-0.1, -0.05) is 36.4 Å². The van der Waals surface area contributed by atoms with Crippen LogP contribution in [0.15, 0.2) is 41.8 Å². The summed E-state index contributed by atoms with van der Waals surface area (Å²) >= 11 is 0.963. The second-order valence-corrected chi connectivity index (χ2v) is 5.21. The van der Waals surface area contributed by atoms with Gasteiger partial charge >= 0.3 is 6.04 Å². The lowest BCUT2D eigenvalue weighted by atomic mass is 9.83. The Labute approximate surface area is 107 Å². The number of thioether (sulfide) groups is 1. The maximum Gasteiger partial charge on any atom is 0.322 e. The zero-order valence-electron chi connectivity index (χ0n) is 9.35. The summed E-state index contributed by atoms with van der Waals surface area (Å²) in [5.41, 5.74) is 0.429. The van der Waals surface area contributed by atoms with Crippen LogP contribution in [-0.2, 0) is 9.54 Å². The molecular formula is C13H11F3OS. The predicted octanol–water partition coefficient (Wildman–Crippen LogP) is 3.91. The van der Waals surface area contributed by atoms with Gasteiger partial charge in [-0.2, -0.15) is 4.39 Å². The summed E-state index contributed by atoms with van der Waals surface area (Å²) in [6.45, 7) is 0. The van der Waals surface area contributed by atoms with Crippen LogP contribution < -0.4 is 0 Å². The molecule has 1 aromatic carbocycles. The minimum Gasteiger partial charge on any atom is -0.259 e. The van der Waals surface area contributed by atoms with Crippen LogP contribution >= 0.6 is 11.8 Å². The molecule has 0 radical (unpaired) electrons. The number of carbonyl (C=O) groups is 1. The third-order valence-electron chi connectivity index (χ3n) is 3.01. The van der Waals surface area contributed by atoms with Crippen molar-refractivity contribution in [2.75, 3.05) is 0 Å². The molecule has 2 atom stereocenters. The van der Waals surface area contributed by atoms with E-state index >= 15 is 0 Å². The SMILES string of the molecule is O=C(F)C1(c2ccccc2)SC=CC1CC(F)F. The first-order valence-corrected chi connectivity index (χ1v) is 6.33. The van der Waals surface area contributed by atoms with Crippen LogP contribution in [0.5, 0.6) is 0 Å². The Morgan fingerprint density at radius 3 is 2.56 bits per heavy atom. The molecule has 0 saturated heterocycles. The molecule has 0 spiro atoms. The Kier molecular flexibility index (Phi) is 3.80. The van der Waals surface area contributed by atoms with Crippen LogP contribution in [-0.4, -0.2) is 12.5 Å². The van der Waals surface area contributed by atoms with E-state index in [1.165, 1.54) is 11.5 Å². The maximum absolute atomic E-state index is 13.5. The van der Waals surface area contributed by atoms with Gasteiger partial charge in [0.15, 0.2) is 0 Å². The van der Waals surface area contributed by atoms with E-state index < -0.39 is 29.5 Å². The quantitative estimate of drug-likeness (QED) is 0.773. The molecule has 0 aliphatic carbocycles. The summed E-state index contributed by atoms with van der Waals surface area (Å²) in [6, 6.07) is 6.67. The number of alkyl halides is 2. The van der Waals surface area contributed by atoms with Crippen LogP contribution in [0, 0.1) is 5.92 Å². The molecule has 0 amide bonds. The van der Waals surface area contributed by atoms with Crippen molar-refractivity contribution in [3.63, 3.8) is 0 Å². The molecule has 18 heavy (non-hydrogen) atoms. The zero-order valence-corrected chi connectivity index (χ0v) is 10.2. The fraction of sp³-hybridized carbons (Fsp3) is 0.308. The van der Waals surface area contributed by atoms with Crippen molar-refractivity contribution in [1.29, 1.82) is 0 Å². The largest absolute Gasteiger partial charge is 0.322 e. The third kappa shape index (κ3) is 2.19. The van der Waals surface area contributed by atoms with E-state index in [2.05, 4.69) is 0 Å². The Balaban J connectivity index is 2.42. The molecule has 1 aromatic rings. The summed E-state index contributed by atoms with van der Waals surface area (Å²) < 4.78 is 37.0. The molecule has 2 rings (SSSR count). The van der Waals surface area contributed by atoms with Crippen molar-refractivity contribution in [2.24, 2.45) is 5.92 Å². The summed E-state index contributed by atoms with van der Waals surface area (Å²) in [7, 11) is 0. The zero-order chi connectivity index (χ0) is 13.2. The second-order valence-electron chi connectivity index (χ2n) is 4.06. The van der Waals surface area contributed by atoms with Gasteiger partial charge < -0.3 is 0 Å². The van der Waals surface area contributed by atoms with E-state index in [0.717, 1.165) is 11.8 Å². The summed E-state index contributed by atoms with van der Waals surface area (Å²) in [5.74, 6) is -0.817. The lowest BCUT2D eigenvalue weighted by molar-refractivity contribution is -0.133. The van der Waals surface area contributed by atoms with Crippen LogP contribution in [0.4, 0.5) is 13.2 Å². The molecule has 96 valence electrons. The molecule has 0 saturated carbocycles. The van der Waals surface area contributed by atoms with Crippen molar-refractivity contribution in [3.8, 4) is 0 Å². The van der Waals surface area contributed by atoms with E-state index in [-0.39, 0.29) is 0 Å². The van der Waals surface area contributed by atoms with E-state index in [4.69, 9.17) is 0 Å². The van der Waals surface area contributed by atoms with Gasteiger partial charge in [0.25, 0.3) is 0 Å². The fourth-order valence-corrected chi connectivity index (χ4v) is 3.37. The van der Waals surface area contributed by atoms with Crippen LogP contribution in [0.2, 0.25) is 0 Å². The van der Waals surface area contributed by atoms with Gasteiger partial charge in [0.05, 0.1) is 0 Å². The number of allylic oxidation sites excluding steroid dienone is 1. The van der Waals surface area contributed by atoms with Crippen molar-refractivity contribution >= 4 is 17.8 Å². The van der Waals surface area contributed by atoms with Gasteiger partial charge in [-0.05, 0) is 11.0 Å². The van der Waals surface area contributed by atoms with E-state index in [1.807, 2.05) is 0 Å². The van der Waals surface area contributed by atoms with Crippen LogP contribution in [0.1, 0.15) is 12.0 Å². The Morgan fingerprint density at radius 2 is 2.00 bits per heavy atom. The summed E-state index contributed by atoms with van der Waals surface area (Å²) in [5, 5.41) is 1.53. The topological polar surface area (TPSA) is 17.1 Å². The molecule has 1 nitrogen and oxygen atoms in total. The second kappa shape index (κ2) is 5.18. The van der Waals surface area contributed by atoms with Gasteiger partial charge in [0, 0.05) is 12.3 Å². The van der Waals surface area contributed by atoms with E-state index in [9.17, 15) is 18.0 Å². The van der Waals surface area contributed by atoms with Gasteiger partial charge in [-0.3, -0.25) is 4.79 Å². The van der Waals surface area contributed by atoms with Crippen LogP contribution in [0.25, 0.3) is 0 Å². The Bertz CT molecular complexity index is 461.